The number of rotatable bonds is 5. The van der Waals surface area contributed by atoms with E-state index < -0.39 is 0 Å². The van der Waals surface area contributed by atoms with Crippen LogP contribution in [0.15, 0.2) is 18.2 Å². The minimum atomic E-state index is 0.231. The van der Waals surface area contributed by atoms with Crippen molar-refractivity contribution >= 4 is 17.3 Å². The van der Waals surface area contributed by atoms with Gasteiger partial charge < -0.3 is 10.6 Å². The van der Waals surface area contributed by atoms with Crippen molar-refractivity contribution in [2.24, 2.45) is 5.73 Å². The Balaban J connectivity index is 2.20. The summed E-state index contributed by atoms with van der Waals surface area (Å²) in [4.78, 5) is 2.43. The first-order chi connectivity index (χ1) is 9.61. The van der Waals surface area contributed by atoms with Crippen LogP contribution in [0.25, 0.3) is 0 Å². The number of halogens is 1. The van der Waals surface area contributed by atoms with Gasteiger partial charge in [-0.1, -0.05) is 43.9 Å². The van der Waals surface area contributed by atoms with Crippen LogP contribution in [0.1, 0.15) is 51.0 Å². The average Bonchev–Trinajstić information content (AvgIpc) is 2.49. The van der Waals surface area contributed by atoms with Gasteiger partial charge in [0.05, 0.1) is 0 Å². The third-order valence-corrected chi connectivity index (χ3v) is 4.79. The Kier molecular flexibility index (Phi) is 5.74. The van der Waals surface area contributed by atoms with Gasteiger partial charge in [-0.15, -0.1) is 0 Å². The molecule has 0 aliphatic heterocycles. The minimum Gasteiger partial charge on any atom is -0.371 e. The summed E-state index contributed by atoms with van der Waals surface area (Å²) in [5.41, 5.74) is 8.74. The molecule has 2 rings (SSSR count). The van der Waals surface area contributed by atoms with Crippen molar-refractivity contribution in [3.05, 3.63) is 28.8 Å². The quantitative estimate of drug-likeness (QED) is 0.873. The van der Waals surface area contributed by atoms with E-state index in [0.717, 1.165) is 17.9 Å². The number of nitrogens with two attached hydrogens (primary N) is 1. The lowest BCUT2D eigenvalue weighted by Gasteiger charge is -2.34. The maximum absolute atomic E-state index is 6.21. The van der Waals surface area contributed by atoms with Crippen LogP contribution in [0.5, 0.6) is 0 Å². The highest BCUT2D eigenvalue weighted by Crippen LogP contribution is 2.31. The van der Waals surface area contributed by atoms with Crippen molar-refractivity contribution in [2.75, 3.05) is 11.9 Å². The first-order valence-electron chi connectivity index (χ1n) is 7.88. The van der Waals surface area contributed by atoms with Gasteiger partial charge in [0.25, 0.3) is 0 Å². The molecule has 0 heterocycles. The fraction of sp³-hybridized carbons (Fsp3) is 0.647. The van der Waals surface area contributed by atoms with Gasteiger partial charge in [0, 0.05) is 29.8 Å². The molecule has 0 bridgehead atoms. The maximum atomic E-state index is 6.21. The molecular weight excluding hydrogens is 268 g/mol. The van der Waals surface area contributed by atoms with Gasteiger partial charge in [0.15, 0.2) is 0 Å². The van der Waals surface area contributed by atoms with E-state index >= 15 is 0 Å². The molecule has 0 aromatic heterocycles. The van der Waals surface area contributed by atoms with E-state index in [1.807, 2.05) is 6.07 Å². The van der Waals surface area contributed by atoms with E-state index in [1.54, 1.807) is 0 Å². The fourth-order valence-corrected chi connectivity index (χ4v) is 3.30. The zero-order chi connectivity index (χ0) is 14.5. The summed E-state index contributed by atoms with van der Waals surface area (Å²) in [6.07, 6.45) is 8.60. The second-order valence-corrected chi connectivity index (χ2v) is 6.48. The number of anilines is 1. The topological polar surface area (TPSA) is 29.3 Å². The van der Waals surface area contributed by atoms with Gasteiger partial charge in [-0.05, 0) is 43.4 Å². The number of hydrogen-bond donors (Lipinski definition) is 1. The average molecular weight is 295 g/mol. The molecule has 0 radical (unpaired) electrons. The van der Waals surface area contributed by atoms with Crippen LogP contribution in [0.3, 0.4) is 0 Å². The van der Waals surface area contributed by atoms with E-state index in [0.29, 0.717) is 6.04 Å². The molecule has 112 valence electrons. The Morgan fingerprint density at radius 1 is 1.30 bits per heavy atom. The minimum absolute atomic E-state index is 0.231. The van der Waals surface area contributed by atoms with Crippen LogP contribution < -0.4 is 10.6 Å². The molecule has 20 heavy (non-hydrogen) atoms. The lowest BCUT2D eigenvalue weighted by molar-refractivity contribution is 0.427. The van der Waals surface area contributed by atoms with Crippen molar-refractivity contribution in [3.63, 3.8) is 0 Å². The van der Waals surface area contributed by atoms with Crippen molar-refractivity contribution in [1.29, 1.82) is 0 Å². The third kappa shape index (κ3) is 3.89. The summed E-state index contributed by atoms with van der Waals surface area (Å²) in [5, 5.41) is 0.816. The van der Waals surface area contributed by atoms with Gasteiger partial charge in [-0.2, -0.15) is 0 Å². The first-order valence-corrected chi connectivity index (χ1v) is 8.26. The molecule has 0 spiro atoms. The van der Waals surface area contributed by atoms with Crippen molar-refractivity contribution < 1.29 is 0 Å². The van der Waals surface area contributed by atoms with Crippen LogP contribution in [0, 0.1) is 0 Å². The largest absolute Gasteiger partial charge is 0.371 e. The van der Waals surface area contributed by atoms with Crippen molar-refractivity contribution in [1.82, 2.24) is 0 Å². The predicted molar refractivity (Wildman–Crippen MR) is 88.7 cm³/mol. The van der Waals surface area contributed by atoms with Crippen LogP contribution >= 0.6 is 11.6 Å². The molecule has 1 fully saturated rings. The van der Waals surface area contributed by atoms with Crippen LogP contribution in [-0.4, -0.2) is 19.1 Å². The third-order valence-electron chi connectivity index (χ3n) is 4.56. The molecule has 1 saturated carbocycles. The van der Waals surface area contributed by atoms with Gasteiger partial charge in [0.2, 0.25) is 0 Å². The van der Waals surface area contributed by atoms with E-state index in [9.17, 15) is 0 Å². The van der Waals surface area contributed by atoms with Crippen LogP contribution in [0.4, 0.5) is 5.69 Å². The molecule has 1 unspecified atom stereocenters. The molecule has 1 aliphatic carbocycles. The summed E-state index contributed by atoms with van der Waals surface area (Å²) in [6, 6.07) is 7.12. The Morgan fingerprint density at radius 2 is 2.00 bits per heavy atom. The second-order valence-electron chi connectivity index (χ2n) is 6.05. The molecular formula is C17H27ClN2. The molecule has 2 nitrogen and oxygen atoms in total. The predicted octanol–water partition coefficient (Wildman–Crippen LogP) is 4.39. The Morgan fingerprint density at radius 3 is 2.65 bits per heavy atom. The summed E-state index contributed by atoms with van der Waals surface area (Å²) >= 11 is 6.21. The Bertz CT molecular complexity index is 427. The molecule has 0 amide bonds. The summed E-state index contributed by atoms with van der Waals surface area (Å²) in [7, 11) is 2.21. The van der Waals surface area contributed by atoms with E-state index in [4.69, 9.17) is 17.3 Å². The molecule has 1 atom stereocenters. The molecule has 1 aromatic carbocycles. The normalized spacial score (nSPS) is 18.0. The number of benzene rings is 1. The van der Waals surface area contributed by atoms with Crippen molar-refractivity contribution in [2.45, 2.75) is 64.0 Å². The Labute approximate surface area is 128 Å². The van der Waals surface area contributed by atoms with Crippen LogP contribution in [-0.2, 0) is 6.42 Å². The molecule has 0 saturated heterocycles. The molecule has 1 aromatic rings. The van der Waals surface area contributed by atoms with Crippen LogP contribution in [0.2, 0.25) is 5.02 Å². The standard InChI is InChI=1S/C17H27ClN2/c1-3-15(19)11-13-9-10-14(18)12-17(13)20(2)16-7-5-4-6-8-16/h9-10,12,15-16H,3-8,11,19H2,1-2H3. The van der Waals surface area contributed by atoms with E-state index in [-0.39, 0.29) is 6.04 Å². The lowest BCUT2D eigenvalue weighted by Crippen LogP contribution is -2.34. The lowest BCUT2D eigenvalue weighted by atomic mass is 9.93. The van der Waals surface area contributed by atoms with Gasteiger partial charge >= 0.3 is 0 Å². The Hall–Kier alpha value is -0.730. The van der Waals surface area contributed by atoms with E-state index in [2.05, 4.69) is 31.0 Å². The zero-order valence-electron chi connectivity index (χ0n) is 12.7. The van der Waals surface area contributed by atoms with E-state index in [1.165, 1.54) is 43.4 Å². The molecule has 1 aliphatic rings. The van der Waals surface area contributed by atoms with Gasteiger partial charge in [0.1, 0.15) is 0 Å². The highest BCUT2D eigenvalue weighted by molar-refractivity contribution is 6.30. The fourth-order valence-electron chi connectivity index (χ4n) is 3.13. The van der Waals surface area contributed by atoms with Gasteiger partial charge in [-0.3, -0.25) is 0 Å². The highest BCUT2D eigenvalue weighted by Gasteiger charge is 2.20. The summed E-state index contributed by atoms with van der Waals surface area (Å²) in [6.45, 7) is 2.14. The molecule has 3 heteroatoms. The van der Waals surface area contributed by atoms with Gasteiger partial charge in [-0.25, -0.2) is 0 Å². The summed E-state index contributed by atoms with van der Waals surface area (Å²) < 4.78 is 0. The number of hydrogen-bond acceptors (Lipinski definition) is 2. The second kappa shape index (κ2) is 7.33. The maximum Gasteiger partial charge on any atom is 0.0426 e. The monoisotopic (exact) mass is 294 g/mol. The SMILES string of the molecule is CCC(N)Cc1ccc(Cl)cc1N(C)C1CCCCC1. The number of nitrogens with zero attached hydrogens (tertiary/aromatic N) is 1. The first kappa shape index (κ1) is 15.7. The highest BCUT2D eigenvalue weighted by atomic mass is 35.5. The van der Waals surface area contributed by atoms with Crippen molar-refractivity contribution in [3.8, 4) is 0 Å². The zero-order valence-corrected chi connectivity index (χ0v) is 13.5. The molecule has 2 N–H and O–H groups in total. The summed E-state index contributed by atoms with van der Waals surface area (Å²) in [5.74, 6) is 0. The smallest absolute Gasteiger partial charge is 0.0426 e.